The van der Waals surface area contributed by atoms with Gasteiger partial charge in [0.2, 0.25) is 11.8 Å². The van der Waals surface area contributed by atoms with Gasteiger partial charge in [-0.05, 0) is 95.7 Å². The van der Waals surface area contributed by atoms with Crippen molar-refractivity contribution in [3.63, 3.8) is 0 Å². The van der Waals surface area contributed by atoms with E-state index in [4.69, 9.17) is 9.47 Å². The van der Waals surface area contributed by atoms with Gasteiger partial charge in [-0.2, -0.15) is 0 Å². The molecule has 0 aliphatic heterocycles. The highest BCUT2D eigenvalue weighted by Crippen LogP contribution is 2.22. The van der Waals surface area contributed by atoms with Crippen molar-refractivity contribution in [2.75, 3.05) is 45.9 Å². The number of amides is 2. The van der Waals surface area contributed by atoms with Gasteiger partial charge in [0.15, 0.2) is 0 Å². The first-order chi connectivity index (χ1) is 33.7. The fourth-order valence-corrected chi connectivity index (χ4v) is 9.73. The Kier molecular flexibility index (Phi) is 49.2. The molecule has 3 unspecified atom stereocenters. The zero-order valence-electron chi connectivity index (χ0n) is 47.1. The average molecular weight is 977 g/mol. The Balaban J connectivity index is 5.27. The van der Waals surface area contributed by atoms with Crippen molar-refractivity contribution < 1.29 is 28.7 Å². The van der Waals surface area contributed by atoms with Crippen LogP contribution in [0.5, 0.6) is 0 Å². The van der Waals surface area contributed by atoms with Crippen LogP contribution in [0.25, 0.3) is 0 Å². The molecule has 0 aliphatic rings. The lowest BCUT2D eigenvalue weighted by atomic mass is 9.96. The Morgan fingerprint density at radius 3 is 1.23 bits per heavy atom. The molecule has 0 heterocycles. The highest BCUT2D eigenvalue weighted by molar-refractivity contribution is 5.87. The third-order valence-corrected chi connectivity index (χ3v) is 14.6. The monoisotopic (exact) mass is 976 g/mol. The van der Waals surface area contributed by atoms with E-state index in [1.807, 2.05) is 4.90 Å². The Bertz CT molecular complexity index is 1160. The van der Waals surface area contributed by atoms with E-state index in [1.165, 1.54) is 109 Å². The Morgan fingerprint density at radius 1 is 0.391 bits per heavy atom. The maximum absolute atomic E-state index is 14.2. The van der Waals surface area contributed by atoms with E-state index in [2.05, 4.69) is 58.7 Å². The summed E-state index contributed by atoms with van der Waals surface area (Å²) in [4.78, 5) is 57.9. The van der Waals surface area contributed by atoms with Crippen LogP contribution in [0.2, 0.25) is 0 Å². The predicted molar refractivity (Wildman–Crippen MR) is 294 cm³/mol. The fraction of sp³-hybridized carbons (Fsp3) is 0.933. The molecule has 0 aromatic carbocycles. The van der Waals surface area contributed by atoms with E-state index in [-0.39, 0.29) is 23.8 Å². The molecule has 0 fully saturated rings. The second-order valence-electron chi connectivity index (χ2n) is 20.9. The molecular formula is C60H117N3O6. The van der Waals surface area contributed by atoms with Gasteiger partial charge in [-0.25, -0.2) is 0 Å². The average Bonchev–Trinajstić information content (AvgIpc) is 3.35. The van der Waals surface area contributed by atoms with Gasteiger partial charge < -0.3 is 24.6 Å². The summed E-state index contributed by atoms with van der Waals surface area (Å²) >= 11 is 0. The van der Waals surface area contributed by atoms with Crippen LogP contribution < -0.4 is 5.32 Å². The number of carbonyl (C=O) groups is 4. The van der Waals surface area contributed by atoms with E-state index in [9.17, 15) is 19.2 Å². The Labute approximate surface area is 428 Å². The van der Waals surface area contributed by atoms with Gasteiger partial charge in [-0.1, -0.05) is 215 Å². The number of unbranched alkanes of at least 4 members (excludes halogenated alkanes) is 23. The summed E-state index contributed by atoms with van der Waals surface area (Å²) in [5.41, 5.74) is 0. The Hall–Kier alpha value is -2.16. The summed E-state index contributed by atoms with van der Waals surface area (Å²) in [5.74, 6) is 0.971. The first kappa shape index (κ1) is 66.8. The van der Waals surface area contributed by atoms with Gasteiger partial charge in [0.1, 0.15) is 6.04 Å². The molecule has 2 amide bonds. The maximum Gasteiger partial charge on any atom is 0.305 e. The maximum atomic E-state index is 14.2. The topological polar surface area (TPSA) is 105 Å². The number of rotatable bonds is 53. The second-order valence-corrected chi connectivity index (χ2v) is 20.9. The van der Waals surface area contributed by atoms with E-state index in [1.54, 1.807) is 0 Å². The minimum Gasteiger partial charge on any atom is -0.465 e. The molecule has 0 saturated heterocycles. The highest BCUT2D eigenvalue weighted by Gasteiger charge is 2.29. The van der Waals surface area contributed by atoms with Crippen LogP contribution in [-0.2, 0) is 28.7 Å². The van der Waals surface area contributed by atoms with Crippen LogP contribution in [0.15, 0.2) is 0 Å². The van der Waals surface area contributed by atoms with Gasteiger partial charge >= 0.3 is 11.9 Å². The molecule has 0 saturated carbocycles. The molecule has 1 N–H and O–H groups in total. The van der Waals surface area contributed by atoms with Crippen LogP contribution in [0.4, 0.5) is 0 Å². The molecule has 69 heavy (non-hydrogen) atoms. The first-order valence-electron chi connectivity index (χ1n) is 30.3. The Morgan fingerprint density at radius 2 is 0.768 bits per heavy atom. The standard InChI is InChI=1S/C60H117N3O6/c1-8-15-20-23-26-32-39-49-61-60(67)56(45-35-28-24-25-30-37-47-58(65)68-52-54(41-18-11-4)43-33-21-16-9-2)63(51-40-50-62(13-6)14-7)57(64)46-36-29-27-31-38-48-59(66)69-53-55(42-19-12-5)44-34-22-17-10-3/h54-56H,8-53H2,1-7H3,(H,61,67). The number of nitrogens with zero attached hydrogens (tertiary/aromatic N) is 2. The molecular weight excluding hydrogens is 859 g/mol. The van der Waals surface area contributed by atoms with Crippen LogP contribution in [0, 0.1) is 11.8 Å². The molecule has 0 aromatic rings. The normalized spacial score (nSPS) is 12.8. The number of hydrogen-bond acceptors (Lipinski definition) is 7. The van der Waals surface area contributed by atoms with Crippen molar-refractivity contribution in [3.8, 4) is 0 Å². The predicted octanol–water partition coefficient (Wildman–Crippen LogP) is 16.3. The molecule has 3 atom stereocenters. The molecule has 9 heteroatoms. The van der Waals surface area contributed by atoms with Gasteiger partial charge in [-0.15, -0.1) is 0 Å². The lowest BCUT2D eigenvalue weighted by Gasteiger charge is -2.32. The van der Waals surface area contributed by atoms with Crippen molar-refractivity contribution in [3.05, 3.63) is 0 Å². The number of ether oxygens (including phenoxy) is 2. The number of nitrogens with one attached hydrogen (secondary N) is 1. The van der Waals surface area contributed by atoms with E-state index >= 15 is 0 Å². The summed E-state index contributed by atoms with van der Waals surface area (Å²) in [6, 6.07) is -0.453. The summed E-state index contributed by atoms with van der Waals surface area (Å²) in [6.07, 6.45) is 41.2. The highest BCUT2D eigenvalue weighted by atomic mass is 16.5. The van der Waals surface area contributed by atoms with Crippen molar-refractivity contribution in [2.45, 2.75) is 305 Å². The van der Waals surface area contributed by atoms with Crippen LogP contribution in [-0.4, -0.2) is 85.5 Å². The molecule has 0 radical (unpaired) electrons. The third-order valence-electron chi connectivity index (χ3n) is 14.6. The summed E-state index contributed by atoms with van der Waals surface area (Å²) in [5, 5.41) is 3.28. The van der Waals surface area contributed by atoms with Crippen molar-refractivity contribution in [2.24, 2.45) is 11.8 Å². The van der Waals surface area contributed by atoms with Crippen LogP contribution in [0.3, 0.4) is 0 Å². The number of carbonyl (C=O) groups excluding carboxylic acids is 4. The van der Waals surface area contributed by atoms with E-state index < -0.39 is 6.04 Å². The molecule has 408 valence electrons. The molecule has 0 bridgehead atoms. The molecule has 0 spiro atoms. The lowest BCUT2D eigenvalue weighted by Crippen LogP contribution is -2.50. The minimum absolute atomic E-state index is 0.00800. The lowest BCUT2D eigenvalue weighted by molar-refractivity contribution is -0.146. The van der Waals surface area contributed by atoms with E-state index in [0.717, 1.165) is 135 Å². The fourth-order valence-electron chi connectivity index (χ4n) is 9.73. The van der Waals surface area contributed by atoms with E-state index in [0.29, 0.717) is 63.8 Å². The summed E-state index contributed by atoms with van der Waals surface area (Å²) in [7, 11) is 0. The van der Waals surface area contributed by atoms with Crippen molar-refractivity contribution in [1.29, 1.82) is 0 Å². The van der Waals surface area contributed by atoms with Crippen molar-refractivity contribution in [1.82, 2.24) is 15.1 Å². The van der Waals surface area contributed by atoms with Gasteiger partial charge in [0.25, 0.3) is 0 Å². The van der Waals surface area contributed by atoms with Crippen molar-refractivity contribution >= 4 is 23.8 Å². The van der Waals surface area contributed by atoms with Crippen LogP contribution >= 0.6 is 0 Å². The van der Waals surface area contributed by atoms with Gasteiger partial charge in [0.05, 0.1) is 13.2 Å². The summed E-state index contributed by atoms with van der Waals surface area (Å²) < 4.78 is 11.5. The largest absolute Gasteiger partial charge is 0.465 e. The third kappa shape index (κ3) is 41.1. The minimum atomic E-state index is -0.453. The molecule has 0 aromatic heterocycles. The molecule has 0 aliphatic carbocycles. The molecule has 9 nitrogen and oxygen atoms in total. The summed E-state index contributed by atoms with van der Waals surface area (Å²) in [6.45, 7) is 20.8. The van der Waals surface area contributed by atoms with Gasteiger partial charge in [-0.3, -0.25) is 19.2 Å². The quantitative estimate of drug-likeness (QED) is 0.0478. The smallest absolute Gasteiger partial charge is 0.305 e. The van der Waals surface area contributed by atoms with Gasteiger partial charge in [0, 0.05) is 32.4 Å². The zero-order chi connectivity index (χ0) is 50.8. The second kappa shape index (κ2) is 50.8. The first-order valence-corrected chi connectivity index (χ1v) is 30.3. The zero-order valence-corrected chi connectivity index (χ0v) is 47.1. The number of esters is 2. The molecule has 0 rings (SSSR count). The van der Waals surface area contributed by atoms with Crippen LogP contribution in [0.1, 0.15) is 299 Å². The SMILES string of the molecule is CCCCCCCCCNC(=O)C(CCCCCCCCC(=O)OCC(CCCC)CCCCCC)N(CCCN(CC)CC)C(=O)CCCCCCCC(=O)OCC(CCCC)CCCCCC. The number of hydrogen-bond donors (Lipinski definition) is 1.